The van der Waals surface area contributed by atoms with Crippen molar-refractivity contribution in [2.45, 2.75) is 25.2 Å². The van der Waals surface area contributed by atoms with Crippen molar-refractivity contribution in [1.82, 2.24) is 0 Å². The first kappa shape index (κ1) is 16.7. The zero-order valence-corrected chi connectivity index (χ0v) is 16.4. The van der Waals surface area contributed by atoms with Crippen LogP contribution >= 0.6 is 0 Å². The summed E-state index contributed by atoms with van der Waals surface area (Å²) >= 11 is 0. The number of imide groups is 1. The molecular weight excluding hydrogens is 358 g/mol. The topological polar surface area (TPSA) is 37.4 Å². The van der Waals surface area contributed by atoms with Crippen LogP contribution in [0.4, 0.5) is 5.69 Å². The van der Waals surface area contributed by atoms with Gasteiger partial charge in [-0.1, -0.05) is 67.6 Å². The summed E-state index contributed by atoms with van der Waals surface area (Å²) in [6, 6.07) is 24.4. The van der Waals surface area contributed by atoms with E-state index < -0.39 is 5.41 Å². The molecule has 0 spiro atoms. The van der Waals surface area contributed by atoms with Gasteiger partial charge in [-0.15, -0.1) is 0 Å². The van der Waals surface area contributed by atoms with Crippen LogP contribution in [0.1, 0.15) is 40.7 Å². The maximum Gasteiger partial charge on any atom is 0.238 e. The molecule has 2 bridgehead atoms. The molecule has 1 saturated heterocycles. The summed E-state index contributed by atoms with van der Waals surface area (Å²) in [7, 11) is 0. The van der Waals surface area contributed by atoms with E-state index in [9.17, 15) is 9.59 Å². The number of rotatable bonds is 1. The van der Waals surface area contributed by atoms with Crippen LogP contribution in [0.2, 0.25) is 0 Å². The smallest absolute Gasteiger partial charge is 0.238 e. The lowest BCUT2D eigenvalue weighted by molar-refractivity contribution is -0.123. The van der Waals surface area contributed by atoms with Crippen LogP contribution in [0.25, 0.3) is 0 Å². The molecule has 0 radical (unpaired) electrons. The summed E-state index contributed by atoms with van der Waals surface area (Å²) in [5, 5.41) is 0. The minimum Gasteiger partial charge on any atom is -0.274 e. The molecule has 1 heterocycles. The van der Waals surface area contributed by atoms with E-state index in [2.05, 4.69) is 31.2 Å². The van der Waals surface area contributed by atoms with E-state index in [0.717, 1.165) is 5.56 Å². The summed E-state index contributed by atoms with van der Waals surface area (Å²) in [4.78, 5) is 29.0. The molecule has 3 aromatic rings. The molecule has 3 aromatic carbocycles. The van der Waals surface area contributed by atoms with Crippen LogP contribution in [-0.4, -0.2) is 11.8 Å². The SMILES string of the molecule is Cc1cccc(N2C(=O)C3C4c5ccccc5C(C)(c5ccccc54)C3C2=O)c1. The second-order valence-corrected chi connectivity index (χ2v) is 8.71. The normalized spacial score (nSPS) is 28.9. The first-order valence-electron chi connectivity index (χ1n) is 10.2. The Hall–Kier alpha value is -3.20. The number of amides is 2. The average molecular weight is 379 g/mol. The van der Waals surface area contributed by atoms with Gasteiger partial charge >= 0.3 is 0 Å². The third-order valence-corrected chi connectivity index (χ3v) is 7.30. The highest BCUT2D eigenvalue weighted by Gasteiger charge is 2.66. The van der Waals surface area contributed by atoms with Crippen LogP contribution in [-0.2, 0) is 15.0 Å². The second-order valence-electron chi connectivity index (χ2n) is 8.71. The zero-order valence-electron chi connectivity index (χ0n) is 16.4. The van der Waals surface area contributed by atoms with Gasteiger partial charge in [-0.3, -0.25) is 9.59 Å². The van der Waals surface area contributed by atoms with Crippen molar-refractivity contribution in [2.24, 2.45) is 11.8 Å². The lowest BCUT2D eigenvalue weighted by Crippen LogP contribution is -2.51. The summed E-state index contributed by atoms with van der Waals surface area (Å²) in [5.74, 6) is -0.920. The van der Waals surface area contributed by atoms with E-state index in [1.165, 1.54) is 27.2 Å². The van der Waals surface area contributed by atoms with Gasteiger partial charge in [0.05, 0.1) is 17.5 Å². The molecule has 29 heavy (non-hydrogen) atoms. The monoisotopic (exact) mass is 379 g/mol. The summed E-state index contributed by atoms with van der Waals surface area (Å²) in [5.41, 5.74) is 6.00. The lowest BCUT2D eigenvalue weighted by Gasteiger charge is -2.52. The number of carbonyl (C=O) groups is 2. The number of aryl methyl sites for hydroxylation is 1. The van der Waals surface area contributed by atoms with Crippen LogP contribution in [0.15, 0.2) is 72.8 Å². The number of hydrogen-bond acceptors (Lipinski definition) is 2. The van der Waals surface area contributed by atoms with E-state index >= 15 is 0 Å². The van der Waals surface area contributed by atoms with Gasteiger partial charge in [0, 0.05) is 11.3 Å². The fraction of sp³-hybridized carbons (Fsp3) is 0.231. The van der Waals surface area contributed by atoms with Crippen LogP contribution < -0.4 is 4.90 Å². The molecule has 142 valence electrons. The Bertz CT molecular complexity index is 1160. The summed E-state index contributed by atoms with van der Waals surface area (Å²) < 4.78 is 0. The predicted octanol–water partition coefficient (Wildman–Crippen LogP) is 4.57. The van der Waals surface area contributed by atoms with Gasteiger partial charge in [-0.05, 0) is 46.9 Å². The molecule has 4 aliphatic rings. The van der Waals surface area contributed by atoms with Gasteiger partial charge in [0.2, 0.25) is 11.8 Å². The van der Waals surface area contributed by atoms with Gasteiger partial charge in [0.1, 0.15) is 0 Å². The van der Waals surface area contributed by atoms with E-state index in [1.807, 2.05) is 55.5 Å². The molecule has 0 saturated carbocycles. The Morgan fingerprint density at radius 1 is 0.793 bits per heavy atom. The fourth-order valence-electron chi connectivity index (χ4n) is 6.17. The first-order valence-corrected chi connectivity index (χ1v) is 10.2. The Balaban J connectivity index is 1.63. The Kier molecular flexibility index (Phi) is 3.14. The molecule has 0 aromatic heterocycles. The second kappa shape index (κ2) is 5.44. The number of carbonyl (C=O) groups excluding carboxylic acids is 2. The van der Waals surface area contributed by atoms with E-state index in [1.54, 1.807) is 0 Å². The number of anilines is 1. The molecule has 3 nitrogen and oxygen atoms in total. The molecule has 1 fully saturated rings. The average Bonchev–Trinajstić information content (AvgIpc) is 3.00. The third kappa shape index (κ3) is 1.88. The van der Waals surface area contributed by atoms with Crippen LogP contribution in [0.3, 0.4) is 0 Å². The van der Waals surface area contributed by atoms with Gasteiger partial charge < -0.3 is 0 Å². The number of hydrogen-bond donors (Lipinski definition) is 0. The van der Waals surface area contributed by atoms with E-state index in [4.69, 9.17) is 0 Å². The van der Waals surface area contributed by atoms with Crippen molar-refractivity contribution in [1.29, 1.82) is 0 Å². The predicted molar refractivity (Wildman–Crippen MR) is 112 cm³/mol. The fourth-order valence-corrected chi connectivity index (χ4v) is 6.17. The largest absolute Gasteiger partial charge is 0.274 e. The molecule has 2 amide bonds. The Labute approximate surface area is 170 Å². The highest BCUT2D eigenvalue weighted by molar-refractivity contribution is 6.23. The minimum absolute atomic E-state index is 0.0640. The van der Waals surface area contributed by atoms with Gasteiger partial charge in [0.25, 0.3) is 0 Å². The van der Waals surface area contributed by atoms with Gasteiger partial charge in [0.15, 0.2) is 0 Å². The Morgan fingerprint density at radius 2 is 1.41 bits per heavy atom. The molecule has 3 heteroatoms. The summed E-state index contributed by atoms with van der Waals surface area (Å²) in [6.45, 7) is 4.14. The van der Waals surface area contributed by atoms with Gasteiger partial charge in [-0.25, -0.2) is 4.90 Å². The van der Waals surface area contributed by atoms with E-state index in [-0.39, 0.29) is 29.6 Å². The Morgan fingerprint density at radius 3 is 2.03 bits per heavy atom. The van der Waals surface area contributed by atoms with E-state index in [0.29, 0.717) is 5.69 Å². The van der Waals surface area contributed by atoms with Crippen molar-refractivity contribution in [3.63, 3.8) is 0 Å². The van der Waals surface area contributed by atoms with Crippen molar-refractivity contribution in [2.75, 3.05) is 4.90 Å². The molecule has 2 atom stereocenters. The highest BCUT2D eigenvalue weighted by Crippen LogP contribution is 2.64. The molecule has 2 unspecified atom stereocenters. The molecule has 7 rings (SSSR count). The third-order valence-electron chi connectivity index (χ3n) is 7.30. The summed E-state index contributed by atoms with van der Waals surface area (Å²) in [6.07, 6.45) is 0. The van der Waals surface area contributed by atoms with Gasteiger partial charge in [-0.2, -0.15) is 0 Å². The van der Waals surface area contributed by atoms with Crippen LogP contribution in [0, 0.1) is 18.8 Å². The van der Waals surface area contributed by atoms with Crippen molar-refractivity contribution in [3.05, 3.63) is 101 Å². The van der Waals surface area contributed by atoms with Crippen molar-refractivity contribution in [3.8, 4) is 0 Å². The molecule has 3 aliphatic carbocycles. The quantitative estimate of drug-likeness (QED) is 0.581. The van der Waals surface area contributed by atoms with Crippen molar-refractivity contribution < 1.29 is 9.59 Å². The molecular formula is C26H21NO2. The zero-order chi connectivity index (χ0) is 19.9. The standard InChI is InChI=1S/C26H21NO2/c1-15-8-7-9-16(14-15)27-24(28)22-21-17-10-3-5-12-19(17)26(2,23(22)25(27)29)20-13-6-4-11-18(20)21/h3-14,21-23H,1-2H3. The highest BCUT2D eigenvalue weighted by atomic mass is 16.2. The maximum absolute atomic E-state index is 13.8. The first-order chi connectivity index (χ1) is 14.0. The van der Waals surface area contributed by atoms with Crippen molar-refractivity contribution >= 4 is 17.5 Å². The van der Waals surface area contributed by atoms with Crippen LogP contribution in [0.5, 0.6) is 0 Å². The maximum atomic E-state index is 13.8. The molecule has 0 N–H and O–H groups in total. The number of benzene rings is 3. The minimum atomic E-state index is -0.502. The number of nitrogens with zero attached hydrogens (tertiary/aromatic N) is 1. The molecule has 1 aliphatic heterocycles. The lowest BCUT2D eigenvalue weighted by atomic mass is 9.48.